The van der Waals surface area contributed by atoms with E-state index in [0.717, 1.165) is 26.1 Å². The lowest BCUT2D eigenvalue weighted by Gasteiger charge is -2.32. The van der Waals surface area contributed by atoms with Crippen LogP contribution >= 0.6 is 12.4 Å². The van der Waals surface area contributed by atoms with Crippen molar-refractivity contribution in [3.05, 3.63) is 71.2 Å². The highest BCUT2D eigenvalue weighted by molar-refractivity contribution is 5.93. The molecule has 6 heteroatoms. The molecule has 5 nitrogen and oxygen atoms in total. The van der Waals surface area contributed by atoms with Crippen LogP contribution in [0, 0.1) is 11.1 Å². The van der Waals surface area contributed by atoms with Gasteiger partial charge in [-0.3, -0.25) is 9.69 Å². The van der Waals surface area contributed by atoms with Crippen molar-refractivity contribution in [1.29, 1.82) is 0 Å². The Morgan fingerprint density at radius 1 is 1.12 bits per heavy atom. The van der Waals surface area contributed by atoms with Crippen molar-refractivity contribution < 1.29 is 9.52 Å². The van der Waals surface area contributed by atoms with E-state index in [2.05, 4.69) is 40.5 Å². The summed E-state index contributed by atoms with van der Waals surface area (Å²) in [6, 6.07) is 13.7. The summed E-state index contributed by atoms with van der Waals surface area (Å²) in [5, 5.41) is 13.9. The Bertz CT molecular complexity index is 671. The number of carbonyl (C=O) groups excluding carboxylic acids is 1. The zero-order chi connectivity index (χ0) is 17.5. The van der Waals surface area contributed by atoms with E-state index in [1.807, 2.05) is 0 Å². The standard InChI is InChI=1S/C20H25N3O2.ClH/c24-20(19-9-14-23(25)15-10-19)21-11-6-17-7-12-22(13-8-17)16-18-4-2-1-3-5-18;/h1-5,9-10,14-15,17H,6-8,11-13,16H2,(H,21,24);1H. The maximum Gasteiger partial charge on any atom is 0.251 e. The van der Waals surface area contributed by atoms with Gasteiger partial charge in [-0.05, 0) is 43.8 Å². The van der Waals surface area contributed by atoms with E-state index in [-0.39, 0.29) is 18.3 Å². The molecule has 0 bridgehead atoms. The highest BCUT2D eigenvalue weighted by atomic mass is 35.5. The van der Waals surface area contributed by atoms with E-state index in [0.29, 0.717) is 22.8 Å². The van der Waals surface area contributed by atoms with E-state index < -0.39 is 0 Å². The predicted molar refractivity (Wildman–Crippen MR) is 104 cm³/mol. The lowest BCUT2D eigenvalue weighted by atomic mass is 9.93. The summed E-state index contributed by atoms with van der Waals surface area (Å²) in [5.41, 5.74) is 1.90. The second-order valence-electron chi connectivity index (χ2n) is 6.70. The second-order valence-corrected chi connectivity index (χ2v) is 6.70. The highest BCUT2D eigenvalue weighted by Crippen LogP contribution is 2.21. The summed E-state index contributed by atoms with van der Waals surface area (Å²) < 4.78 is 0.681. The first-order chi connectivity index (χ1) is 12.2. The van der Waals surface area contributed by atoms with Gasteiger partial charge in [0.05, 0.1) is 5.56 Å². The summed E-state index contributed by atoms with van der Waals surface area (Å²) in [6.07, 6.45) is 6.07. The van der Waals surface area contributed by atoms with E-state index in [1.54, 1.807) is 12.1 Å². The molecule has 26 heavy (non-hydrogen) atoms. The van der Waals surface area contributed by atoms with Crippen LogP contribution in [0.15, 0.2) is 54.9 Å². The van der Waals surface area contributed by atoms with Crippen molar-refractivity contribution in [2.75, 3.05) is 19.6 Å². The van der Waals surface area contributed by atoms with Crippen LogP contribution in [0.25, 0.3) is 0 Å². The highest BCUT2D eigenvalue weighted by Gasteiger charge is 2.19. The molecule has 1 saturated heterocycles. The Morgan fingerprint density at radius 3 is 2.42 bits per heavy atom. The van der Waals surface area contributed by atoms with Gasteiger partial charge in [-0.25, -0.2) is 0 Å². The van der Waals surface area contributed by atoms with Crippen LogP contribution in [0.5, 0.6) is 0 Å². The van der Waals surface area contributed by atoms with Gasteiger partial charge in [-0.15, -0.1) is 12.4 Å². The molecule has 1 aliphatic heterocycles. The first-order valence-electron chi connectivity index (χ1n) is 8.94. The molecule has 0 saturated carbocycles. The van der Waals surface area contributed by atoms with Gasteiger partial charge in [-0.2, -0.15) is 4.73 Å². The van der Waals surface area contributed by atoms with Crippen LogP contribution in [0.4, 0.5) is 0 Å². The van der Waals surface area contributed by atoms with Crippen molar-refractivity contribution in [3.63, 3.8) is 0 Å². The average Bonchev–Trinajstić information content (AvgIpc) is 2.64. The summed E-state index contributed by atoms with van der Waals surface area (Å²) in [6.45, 7) is 3.96. The van der Waals surface area contributed by atoms with Crippen molar-refractivity contribution in [2.45, 2.75) is 25.8 Å². The number of amides is 1. The molecule has 1 N–H and O–H groups in total. The fraction of sp³-hybridized carbons (Fsp3) is 0.400. The normalized spacial score (nSPS) is 15.2. The van der Waals surface area contributed by atoms with Crippen LogP contribution in [-0.4, -0.2) is 30.4 Å². The van der Waals surface area contributed by atoms with Crippen LogP contribution in [-0.2, 0) is 6.54 Å². The Balaban J connectivity index is 0.00000243. The smallest absolute Gasteiger partial charge is 0.251 e. The van der Waals surface area contributed by atoms with Crippen LogP contribution in [0.2, 0.25) is 0 Å². The summed E-state index contributed by atoms with van der Waals surface area (Å²) in [5.74, 6) is 0.564. The molecule has 2 aromatic rings. The number of piperidine rings is 1. The molecule has 0 radical (unpaired) electrons. The average molecular weight is 376 g/mol. The van der Waals surface area contributed by atoms with Gasteiger partial charge in [0.2, 0.25) is 0 Å². The number of carbonyl (C=O) groups is 1. The number of hydrogen-bond acceptors (Lipinski definition) is 3. The third-order valence-electron chi connectivity index (χ3n) is 4.86. The van der Waals surface area contributed by atoms with Crippen LogP contribution in [0.3, 0.4) is 0 Å². The van der Waals surface area contributed by atoms with Gasteiger partial charge in [0.15, 0.2) is 12.4 Å². The molecule has 1 aromatic heterocycles. The zero-order valence-corrected chi connectivity index (χ0v) is 15.7. The third-order valence-corrected chi connectivity index (χ3v) is 4.86. The predicted octanol–water partition coefficient (Wildman–Crippen LogP) is 2.77. The van der Waals surface area contributed by atoms with Crippen molar-refractivity contribution >= 4 is 18.3 Å². The second kappa shape index (κ2) is 10.1. The minimum atomic E-state index is -0.109. The number of nitrogens with one attached hydrogen (secondary N) is 1. The number of aromatic nitrogens is 1. The van der Waals surface area contributed by atoms with E-state index in [9.17, 15) is 10.0 Å². The van der Waals surface area contributed by atoms with E-state index >= 15 is 0 Å². The fourth-order valence-corrected chi connectivity index (χ4v) is 3.33. The fourth-order valence-electron chi connectivity index (χ4n) is 3.33. The van der Waals surface area contributed by atoms with Crippen molar-refractivity contribution in [1.82, 2.24) is 10.2 Å². The number of hydrogen-bond donors (Lipinski definition) is 1. The monoisotopic (exact) mass is 375 g/mol. The Labute approximate surface area is 161 Å². The van der Waals surface area contributed by atoms with Gasteiger partial charge in [-0.1, -0.05) is 30.3 Å². The molecular weight excluding hydrogens is 350 g/mol. The third kappa shape index (κ3) is 6.00. The molecule has 0 aliphatic carbocycles. The Morgan fingerprint density at radius 2 is 1.77 bits per heavy atom. The molecule has 1 aromatic carbocycles. The number of pyridine rings is 1. The van der Waals surface area contributed by atoms with Gasteiger partial charge in [0.1, 0.15) is 0 Å². The minimum absolute atomic E-state index is 0. The molecule has 0 atom stereocenters. The van der Waals surface area contributed by atoms with E-state index in [1.165, 1.54) is 30.8 Å². The lowest BCUT2D eigenvalue weighted by Crippen LogP contribution is -2.35. The summed E-state index contributed by atoms with van der Waals surface area (Å²) in [7, 11) is 0. The molecular formula is C20H26ClN3O2. The summed E-state index contributed by atoms with van der Waals surface area (Å²) >= 11 is 0. The largest absolute Gasteiger partial charge is 0.619 e. The number of likely N-dealkylation sites (tertiary alicyclic amines) is 1. The molecule has 140 valence electrons. The van der Waals surface area contributed by atoms with Crippen molar-refractivity contribution in [3.8, 4) is 0 Å². The molecule has 1 fully saturated rings. The maximum absolute atomic E-state index is 12.0. The minimum Gasteiger partial charge on any atom is -0.619 e. The maximum atomic E-state index is 12.0. The number of nitrogens with zero attached hydrogens (tertiary/aromatic N) is 2. The number of benzene rings is 1. The first-order valence-corrected chi connectivity index (χ1v) is 8.94. The molecule has 1 amide bonds. The quantitative estimate of drug-likeness (QED) is 0.624. The first kappa shape index (κ1) is 20.2. The Hall–Kier alpha value is -2.11. The SMILES string of the molecule is Cl.O=C(NCCC1CCN(Cc2ccccc2)CC1)c1cc[n+]([O-])cc1. The van der Waals surface area contributed by atoms with Crippen LogP contribution in [0.1, 0.15) is 35.2 Å². The molecule has 0 unspecified atom stereocenters. The topological polar surface area (TPSA) is 59.3 Å². The molecule has 2 heterocycles. The molecule has 3 rings (SSSR count). The van der Waals surface area contributed by atoms with Gasteiger partial charge < -0.3 is 10.5 Å². The van der Waals surface area contributed by atoms with Gasteiger partial charge >= 0.3 is 0 Å². The van der Waals surface area contributed by atoms with Gasteiger partial charge in [0, 0.05) is 25.2 Å². The van der Waals surface area contributed by atoms with E-state index in [4.69, 9.17) is 0 Å². The molecule has 0 spiro atoms. The number of halogens is 1. The van der Waals surface area contributed by atoms with Crippen LogP contribution < -0.4 is 10.0 Å². The van der Waals surface area contributed by atoms with Crippen molar-refractivity contribution in [2.24, 2.45) is 5.92 Å². The lowest BCUT2D eigenvalue weighted by molar-refractivity contribution is -0.605. The molecule has 1 aliphatic rings. The zero-order valence-electron chi connectivity index (χ0n) is 14.8. The number of rotatable bonds is 6. The summed E-state index contributed by atoms with van der Waals surface area (Å²) in [4.78, 5) is 14.5. The Kier molecular flexibility index (Phi) is 7.88. The van der Waals surface area contributed by atoms with Gasteiger partial charge in [0.25, 0.3) is 5.91 Å².